The van der Waals surface area contributed by atoms with Crippen molar-refractivity contribution in [1.29, 1.82) is 0 Å². The number of halogens is 1. The van der Waals surface area contributed by atoms with Crippen LogP contribution < -0.4 is 16.0 Å². The van der Waals surface area contributed by atoms with Gasteiger partial charge in [0.1, 0.15) is 5.75 Å². The smallest absolute Gasteiger partial charge is 0.119 e. The van der Waals surface area contributed by atoms with E-state index in [0.717, 1.165) is 16.6 Å². The zero-order valence-electron chi connectivity index (χ0n) is 12.6. The van der Waals surface area contributed by atoms with E-state index >= 15 is 0 Å². The molecule has 0 aliphatic heterocycles. The number of methoxy groups -OCH3 is 1. The minimum atomic E-state index is 0.0632. The first-order valence-corrected chi connectivity index (χ1v) is 7.70. The van der Waals surface area contributed by atoms with Crippen molar-refractivity contribution in [3.8, 4) is 5.75 Å². The van der Waals surface area contributed by atoms with Gasteiger partial charge < -0.3 is 4.74 Å². The van der Waals surface area contributed by atoms with Crippen molar-refractivity contribution >= 4 is 15.9 Å². The van der Waals surface area contributed by atoms with Crippen LogP contribution in [0.5, 0.6) is 5.75 Å². The first-order chi connectivity index (χ1) is 10.0. The highest BCUT2D eigenvalue weighted by molar-refractivity contribution is 9.10. The lowest BCUT2D eigenvalue weighted by Gasteiger charge is -2.20. The number of benzene rings is 2. The highest BCUT2D eigenvalue weighted by atomic mass is 79.9. The third-order valence-electron chi connectivity index (χ3n) is 3.69. The van der Waals surface area contributed by atoms with Gasteiger partial charge in [0.2, 0.25) is 0 Å². The van der Waals surface area contributed by atoms with E-state index in [1.807, 2.05) is 18.2 Å². The van der Waals surface area contributed by atoms with Crippen molar-refractivity contribution in [2.24, 2.45) is 5.84 Å². The van der Waals surface area contributed by atoms with Crippen molar-refractivity contribution in [3.63, 3.8) is 0 Å². The summed E-state index contributed by atoms with van der Waals surface area (Å²) in [5.74, 6) is 6.65. The molecule has 2 rings (SSSR count). The van der Waals surface area contributed by atoms with Crippen LogP contribution in [0.1, 0.15) is 28.3 Å². The Morgan fingerprint density at radius 1 is 1.19 bits per heavy atom. The van der Waals surface area contributed by atoms with Gasteiger partial charge in [-0.1, -0.05) is 39.7 Å². The minimum absolute atomic E-state index is 0.0632. The highest BCUT2D eigenvalue weighted by Crippen LogP contribution is 2.28. The number of ether oxygens (including phenoxy) is 1. The second-order valence-corrected chi connectivity index (χ2v) is 6.10. The molecule has 0 aromatic heterocycles. The Bertz CT molecular complexity index is 628. The molecular formula is C17H21BrN2O. The summed E-state index contributed by atoms with van der Waals surface area (Å²) in [6, 6.07) is 12.5. The van der Waals surface area contributed by atoms with Crippen molar-refractivity contribution in [3.05, 3.63) is 63.1 Å². The Morgan fingerprint density at radius 3 is 2.62 bits per heavy atom. The molecule has 0 aliphatic carbocycles. The maximum absolute atomic E-state index is 5.80. The van der Waals surface area contributed by atoms with E-state index in [1.165, 1.54) is 22.3 Å². The molecule has 0 heterocycles. The van der Waals surface area contributed by atoms with E-state index in [9.17, 15) is 0 Å². The van der Waals surface area contributed by atoms with Gasteiger partial charge in [-0.25, -0.2) is 0 Å². The predicted octanol–water partition coefficient (Wildman–Crippen LogP) is 3.82. The molecule has 3 nitrogen and oxygen atoms in total. The lowest BCUT2D eigenvalue weighted by molar-refractivity contribution is 0.413. The maximum Gasteiger partial charge on any atom is 0.119 e. The van der Waals surface area contributed by atoms with Crippen molar-refractivity contribution < 1.29 is 4.74 Å². The van der Waals surface area contributed by atoms with Crippen LogP contribution in [-0.2, 0) is 6.42 Å². The Labute approximate surface area is 134 Å². The lowest BCUT2D eigenvalue weighted by atomic mass is 9.94. The van der Waals surface area contributed by atoms with Crippen LogP contribution in [0, 0.1) is 13.8 Å². The van der Waals surface area contributed by atoms with Gasteiger partial charge in [0.05, 0.1) is 13.2 Å². The summed E-state index contributed by atoms with van der Waals surface area (Å²) in [4.78, 5) is 0. The van der Waals surface area contributed by atoms with Gasteiger partial charge in [0, 0.05) is 4.47 Å². The van der Waals surface area contributed by atoms with Crippen molar-refractivity contribution in [2.45, 2.75) is 26.3 Å². The number of nitrogens with two attached hydrogens (primary N) is 1. The van der Waals surface area contributed by atoms with Crippen molar-refractivity contribution in [2.75, 3.05) is 7.11 Å². The molecule has 112 valence electrons. The molecule has 0 saturated carbocycles. The van der Waals surface area contributed by atoms with Crippen molar-refractivity contribution in [1.82, 2.24) is 5.43 Å². The van der Waals surface area contributed by atoms with Gasteiger partial charge in [-0.15, -0.1) is 0 Å². The third-order valence-corrected chi connectivity index (χ3v) is 4.46. The first kappa shape index (κ1) is 16.0. The van der Waals surface area contributed by atoms with Gasteiger partial charge in [-0.3, -0.25) is 11.3 Å². The molecular weight excluding hydrogens is 328 g/mol. The maximum atomic E-state index is 5.80. The summed E-state index contributed by atoms with van der Waals surface area (Å²) in [5.41, 5.74) is 7.81. The van der Waals surface area contributed by atoms with E-state index in [4.69, 9.17) is 10.6 Å². The zero-order chi connectivity index (χ0) is 15.4. The largest absolute Gasteiger partial charge is 0.497 e. The molecule has 0 radical (unpaired) electrons. The van der Waals surface area contributed by atoms with Gasteiger partial charge in [0.15, 0.2) is 0 Å². The van der Waals surface area contributed by atoms with Crippen LogP contribution in [0.2, 0.25) is 0 Å². The Kier molecular flexibility index (Phi) is 5.39. The molecule has 0 spiro atoms. The molecule has 0 bridgehead atoms. The second-order valence-electron chi connectivity index (χ2n) is 5.24. The van der Waals surface area contributed by atoms with Gasteiger partial charge in [-0.05, 0) is 55.2 Å². The molecule has 3 N–H and O–H groups in total. The SMILES string of the molecule is COc1ccc(Br)c(CC(NN)c2cc(C)ccc2C)c1. The highest BCUT2D eigenvalue weighted by Gasteiger charge is 2.15. The molecule has 4 heteroatoms. The van der Waals surface area contributed by atoms with Gasteiger partial charge >= 0.3 is 0 Å². The molecule has 0 fully saturated rings. The standard InChI is InChI=1S/C17H21BrN2O/c1-11-4-5-12(2)15(8-11)17(20-19)10-13-9-14(21-3)6-7-16(13)18/h4-9,17,20H,10,19H2,1-3H3. The first-order valence-electron chi connectivity index (χ1n) is 6.91. The number of aryl methyl sites for hydroxylation is 2. The summed E-state index contributed by atoms with van der Waals surface area (Å²) in [6.07, 6.45) is 0.790. The van der Waals surface area contributed by atoms with E-state index in [2.05, 4.69) is 53.4 Å². The number of hydrogen-bond acceptors (Lipinski definition) is 3. The summed E-state index contributed by atoms with van der Waals surface area (Å²) in [6.45, 7) is 4.21. The summed E-state index contributed by atoms with van der Waals surface area (Å²) in [7, 11) is 1.68. The van der Waals surface area contributed by atoms with Gasteiger partial charge in [0.25, 0.3) is 0 Å². The van der Waals surface area contributed by atoms with E-state index in [-0.39, 0.29) is 6.04 Å². The van der Waals surface area contributed by atoms with E-state index in [1.54, 1.807) is 7.11 Å². The third kappa shape index (κ3) is 3.84. The van der Waals surface area contributed by atoms with Crippen LogP contribution in [-0.4, -0.2) is 7.11 Å². The molecule has 1 unspecified atom stereocenters. The number of nitrogens with one attached hydrogen (secondary N) is 1. The minimum Gasteiger partial charge on any atom is -0.497 e. The van der Waals surface area contributed by atoms with E-state index in [0.29, 0.717) is 0 Å². The van der Waals surface area contributed by atoms with Crippen LogP contribution in [0.25, 0.3) is 0 Å². The number of hydrogen-bond donors (Lipinski definition) is 2. The fourth-order valence-corrected chi connectivity index (χ4v) is 2.86. The molecule has 0 aliphatic rings. The normalized spacial score (nSPS) is 12.2. The van der Waals surface area contributed by atoms with Crippen LogP contribution in [0.4, 0.5) is 0 Å². The fourth-order valence-electron chi connectivity index (χ4n) is 2.45. The Hall–Kier alpha value is -1.36. The molecule has 21 heavy (non-hydrogen) atoms. The average Bonchev–Trinajstić information content (AvgIpc) is 2.49. The Morgan fingerprint density at radius 2 is 1.95 bits per heavy atom. The Balaban J connectivity index is 2.33. The molecule has 2 aromatic carbocycles. The molecule has 0 saturated heterocycles. The predicted molar refractivity (Wildman–Crippen MR) is 90.4 cm³/mol. The van der Waals surface area contributed by atoms with Gasteiger partial charge in [-0.2, -0.15) is 0 Å². The monoisotopic (exact) mass is 348 g/mol. The second kappa shape index (κ2) is 7.07. The van der Waals surface area contributed by atoms with E-state index < -0.39 is 0 Å². The molecule has 1 atom stereocenters. The lowest BCUT2D eigenvalue weighted by Crippen LogP contribution is -2.30. The summed E-state index contributed by atoms with van der Waals surface area (Å²) < 4.78 is 6.36. The quantitative estimate of drug-likeness (QED) is 0.637. The number of hydrazine groups is 1. The van der Waals surface area contributed by atoms with Crippen LogP contribution in [0.15, 0.2) is 40.9 Å². The molecule has 2 aromatic rings. The topological polar surface area (TPSA) is 47.3 Å². The fraction of sp³-hybridized carbons (Fsp3) is 0.294. The number of rotatable bonds is 5. The average molecular weight is 349 g/mol. The summed E-state index contributed by atoms with van der Waals surface area (Å²) in [5, 5.41) is 0. The summed E-state index contributed by atoms with van der Waals surface area (Å²) >= 11 is 3.60. The van der Waals surface area contributed by atoms with Crippen LogP contribution in [0.3, 0.4) is 0 Å². The van der Waals surface area contributed by atoms with Crippen LogP contribution >= 0.6 is 15.9 Å². The zero-order valence-corrected chi connectivity index (χ0v) is 14.2. The molecule has 0 amide bonds.